The number of nitrogens with zero attached hydrogens (tertiary/aromatic N) is 1. The van der Waals surface area contributed by atoms with Crippen molar-refractivity contribution in [2.45, 2.75) is 38.7 Å². The first-order chi connectivity index (χ1) is 14.7. The summed E-state index contributed by atoms with van der Waals surface area (Å²) in [5, 5.41) is 14.4. The number of benzene rings is 1. The third-order valence-corrected chi connectivity index (χ3v) is 5.63. The Morgan fingerprint density at radius 3 is 2.52 bits per heavy atom. The van der Waals surface area contributed by atoms with Crippen LogP contribution in [0.1, 0.15) is 38.2 Å². The standard InChI is InChI=1S/C21H23ClN2O7/c1-11-17(20(25)29-3)19(13-6-7-15(22)16(9-13)24(27)28)18(12(2)23-11)21(26)31-10-14-5-4-8-30-14/h6-7,9,14,19,23H,4-5,8,10H2,1-3H3/t14-,19-/m1/s1. The summed E-state index contributed by atoms with van der Waals surface area (Å²) in [5.74, 6) is -2.23. The van der Waals surface area contributed by atoms with Gasteiger partial charge in [0.15, 0.2) is 0 Å². The molecule has 0 amide bonds. The normalized spacial score (nSPS) is 21.0. The number of dihydropyridines is 1. The summed E-state index contributed by atoms with van der Waals surface area (Å²) in [5.41, 5.74) is 1.30. The Labute approximate surface area is 184 Å². The lowest BCUT2D eigenvalue weighted by Gasteiger charge is -2.30. The number of esters is 2. The number of carbonyl (C=O) groups excluding carboxylic acids is 2. The molecule has 31 heavy (non-hydrogen) atoms. The molecule has 1 saturated heterocycles. The summed E-state index contributed by atoms with van der Waals surface area (Å²) in [6.45, 7) is 4.05. The predicted molar refractivity (Wildman–Crippen MR) is 111 cm³/mol. The van der Waals surface area contributed by atoms with E-state index in [0.29, 0.717) is 23.6 Å². The number of hydrogen-bond acceptors (Lipinski definition) is 8. The minimum atomic E-state index is -0.929. The van der Waals surface area contributed by atoms with Crippen LogP contribution in [0.5, 0.6) is 0 Å². The summed E-state index contributed by atoms with van der Waals surface area (Å²) < 4.78 is 15.9. The minimum absolute atomic E-state index is 0.0498. The highest BCUT2D eigenvalue weighted by atomic mass is 35.5. The zero-order chi connectivity index (χ0) is 22.7. The van der Waals surface area contributed by atoms with Gasteiger partial charge in [-0.05, 0) is 38.3 Å². The van der Waals surface area contributed by atoms with Crippen LogP contribution in [0.4, 0.5) is 5.69 Å². The van der Waals surface area contributed by atoms with E-state index in [0.717, 1.165) is 12.8 Å². The first-order valence-corrected chi connectivity index (χ1v) is 10.1. The fraction of sp³-hybridized carbons (Fsp3) is 0.429. The number of nitro groups is 1. The Morgan fingerprint density at radius 2 is 1.94 bits per heavy atom. The van der Waals surface area contributed by atoms with Crippen LogP contribution in [0.15, 0.2) is 40.7 Å². The summed E-state index contributed by atoms with van der Waals surface area (Å²) in [7, 11) is 1.23. The van der Waals surface area contributed by atoms with Crippen LogP contribution in [0.25, 0.3) is 0 Å². The van der Waals surface area contributed by atoms with Crippen molar-refractivity contribution in [2.24, 2.45) is 0 Å². The summed E-state index contributed by atoms with van der Waals surface area (Å²) in [6.07, 6.45) is 1.52. The third-order valence-electron chi connectivity index (χ3n) is 5.31. The van der Waals surface area contributed by atoms with Crippen LogP contribution in [-0.2, 0) is 23.8 Å². The van der Waals surface area contributed by atoms with Gasteiger partial charge in [0.05, 0.1) is 35.2 Å². The number of nitro benzene ring substituents is 1. The second-order valence-corrected chi connectivity index (χ2v) is 7.74. The predicted octanol–water partition coefficient (Wildman–Crippen LogP) is 3.38. The largest absolute Gasteiger partial charge is 0.466 e. The van der Waals surface area contributed by atoms with Crippen molar-refractivity contribution < 1.29 is 28.7 Å². The molecule has 10 heteroatoms. The fourth-order valence-electron chi connectivity index (χ4n) is 3.85. The second kappa shape index (κ2) is 9.49. The molecule has 166 valence electrons. The summed E-state index contributed by atoms with van der Waals surface area (Å²) in [6, 6.07) is 4.17. The van der Waals surface area contributed by atoms with Crippen LogP contribution >= 0.6 is 11.6 Å². The number of halogens is 1. The van der Waals surface area contributed by atoms with Gasteiger partial charge in [-0.15, -0.1) is 0 Å². The van der Waals surface area contributed by atoms with Gasteiger partial charge in [0.1, 0.15) is 11.6 Å². The molecular weight excluding hydrogens is 428 g/mol. The van der Waals surface area contributed by atoms with E-state index >= 15 is 0 Å². The number of nitrogens with one attached hydrogen (secondary N) is 1. The number of allylic oxidation sites excluding steroid dienone is 2. The highest BCUT2D eigenvalue weighted by Gasteiger charge is 2.39. The maximum Gasteiger partial charge on any atom is 0.336 e. The molecular formula is C21H23ClN2O7. The smallest absolute Gasteiger partial charge is 0.336 e. The lowest BCUT2D eigenvalue weighted by atomic mass is 9.80. The highest BCUT2D eigenvalue weighted by molar-refractivity contribution is 6.32. The van der Waals surface area contributed by atoms with E-state index < -0.39 is 22.8 Å². The second-order valence-electron chi connectivity index (χ2n) is 7.33. The van der Waals surface area contributed by atoms with Crippen molar-refractivity contribution in [3.05, 3.63) is 61.4 Å². The van der Waals surface area contributed by atoms with Crippen molar-refractivity contribution in [1.29, 1.82) is 0 Å². The molecule has 3 rings (SSSR count). The summed E-state index contributed by atoms with van der Waals surface area (Å²) in [4.78, 5) is 36.5. The number of hydrogen-bond donors (Lipinski definition) is 1. The van der Waals surface area contributed by atoms with Gasteiger partial charge < -0.3 is 19.5 Å². The number of carbonyl (C=O) groups is 2. The topological polar surface area (TPSA) is 117 Å². The van der Waals surface area contributed by atoms with Crippen molar-refractivity contribution in [2.75, 3.05) is 20.3 Å². The number of ether oxygens (including phenoxy) is 3. The molecule has 1 fully saturated rings. The van der Waals surface area contributed by atoms with Gasteiger partial charge in [-0.1, -0.05) is 17.7 Å². The van der Waals surface area contributed by atoms with E-state index in [1.54, 1.807) is 19.9 Å². The monoisotopic (exact) mass is 450 g/mol. The van der Waals surface area contributed by atoms with Crippen molar-refractivity contribution >= 4 is 29.2 Å². The molecule has 0 spiro atoms. The van der Waals surface area contributed by atoms with E-state index in [-0.39, 0.29) is 34.6 Å². The van der Waals surface area contributed by atoms with Crippen molar-refractivity contribution in [3.63, 3.8) is 0 Å². The van der Waals surface area contributed by atoms with Crippen LogP contribution in [0, 0.1) is 10.1 Å². The lowest BCUT2D eigenvalue weighted by Crippen LogP contribution is -2.33. The molecule has 1 N–H and O–H groups in total. The van der Waals surface area contributed by atoms with Gasteiger partial charge in [-0.25, -0.2) is 9.59 Å². The molecule has 1 aromatic rings. The van der Waals surface area contributed by atoms with E-state index in [4.69, 9.17) is 25.8 Å². The molecule has 1 aromatic carbocycles. The van der Waals surface area contributed by atoms with Crippen LogP contribution in [-0.4, -0.2) is 43.3 Å². The quantitative estimate of drug-likeness (QED) is 0.398. The average Bonchev–Trinajstić information content (AvgIpc) is 3.25. The lowest BCUT2D eigenvalue weighted by molar-refractivity contribution is -0.384. The molecule has 0 unspecified atom stereocenters. The van der Waals surface area contributed by atoms with Crippen LogP contribution in [0.2, 0.25) is 5.02 Å². The zero-order valence-corrected chi connectivity index (χ0v) is 18.2. The Hall–Kier alpha value is -2.91. The SMILES string of the molecule is COC(=O)C1=C(C)NC(C)=C(C(=O)OC[C@H]2CCCO2)[C@@H]1c1ccc(Cl)c([N+](=O)[O-])c1. The molecule has 2 aliphatic rings. The maximum absolute atomic E-state index is 13.1. The Balaban J connectivity index is 2.05. The highest BCUT2D eigenvalue weighted by Crippen LogP contribution is 2.41. The Kier molecular flexibility index (Phi) is 6.97. The molecule has 2 heterocycles. The molecule has 2 aliphatic heterocycles. The molecule has 0 radical (unpaired) electrons. The van der Waals surface area contributed by atoms with Gasteiger partial charge in [-0.2, -0.15) is 0 Å². The molecule has 0 saturated carbocycles. The summed E-state index contributed by atoms with van der Waals surface area (Å²) >= 11 is 5.96. The van der Waals surface area contributed by atoms with Crippen LogP contribution in [0.3, 0.4) is 0 Å². The van der Waals surface area contributed by atoms with Crippen molar-refractivity contribution in [3.8, 4) is 0 Å². The van der Waals surface area contributed by atoms with E-state index in [2.05, 4.69) is 5.32 Å². The number of rotatable bonds is 6. The molecule has 0 bridgehead atoms. The Bertz CT molecular complexity index is 980. The van der Waals surface area contributed by atoms with E-state index in [9.17, 15) is 19.7 Å². The number of methoxy groups -OCH3 is 1. The maximum atomic E-state index is 13.1. The average molecular weight is 451 g/mol. The molecule has 2 atom stereocenters. The minimum Gasteiger partial charge on any atom is -0.466 e. The molecule has 0 aliphatic carbocycles. The first-order valence-electron chi connectivity index (χ1n) is 9.74. The fourth-order valence-corrected chi connectivity index (χ4v) is 4.04. The van der Waals surface area contributed by atoms with Gasteiger partial charge in [0.2, 0.25) is 0 Å². The molecule has 0 aromatic heterocycles. The van der Waals surface area contributed by atoms with Crippen molar-refractivity contribution in [1.82, 2.24) is 5.32 Å². The van der Waals surface area contributed by atoms with Gasteiger partial charge in [0, 0.05) is 24.1 Å². The third kappa shape index (κ3) is 4.72. The van der Waals surface area contributed by atoms with Gasteiger partial charge in [-0.3, -0.25) is 10.1 Å². The van der Waals surface area contributed by atoms with E-state index in [1.807, 2.05) is 0 Å². The zero-order valence-electron chi connectivity index (χ0n) is 17.4. The van der Waals surface area contributed by atoms with Gasteiger partial charge in [0.25, 0.3) is 5.69 Å². The molecule has 9 nitrogen and oxygen atoms in total. The van der Waals surface area contributed by atoms with Crippen LogP contribution < -0.4 is 5.32 Å². The Morgan fingerprint density at radius 1 is 1.26 bits per heavy atom. The van der Waals surface area contributed by atoms with Gasteiger partial charge >= 0.3 is 11.9 Å². The van der Waals surface area contributed by atoms with E-state index in [1.165, 1.54) is 19.2 Å². The first kappa shape index (κ1) is 22.8.